The molecule has 1 fully saturated rings. The molecule has 1 heterocycles. The molecule has 0 radical (unpaired) electrons. The first kappa shape index (κ1) is 14.9. The third kappa shape index (κ3) is 4.51. The molecule has 1 aromatic rings. The molecule has 106 valence electrons. The highest BCUT2D eigenvalue weighted by Crippen LogP contribution is 2.19. The maximum atomic E-state index is 3.66. The van der Waals surface area contributed by atoms with Crippen molar-refractivity contribution in [3.8, 4) is 0 Å². The summed E-state index contributed by atoms with van der Waals surface area (Å²) in [5.41, 5.74) is 0. The smallest absolute Gasteiger partial charge is 0.0218 e. The monoisotopic (exact) mass is 278 g/mol. The Morgan fingerprint density at radius 1 is 1.32 bits per heavy atom. The number of nitrogens with zero attached hydrogens (tertiary/aromatic N) is 1. The van der Waals surface area contributed by atoms with Crippen LogP contribution < -0.4 is 5.32 Å². The normalized spacial score (nSPS) is 24.8. The number of hydrogen-bond acceptors (Lipinski definition) is 3. The Balaban J connectivity index is 1.77. The summed E-state index contributed by atoms with van der Waals surface area (Å²) in [5.74, 6) is 1.90. The molecule has 1 aliphatic heterocycles. The van der Waals surface area contributed by atoms with E-state index in [4.69, 9.17) is 0 Å². The Morgan fingerprint density at radius 2 is 2.05 bits per heavy atom. The third-order valence-corrected chi connectivity index (χ3v) is 4.92. The van der Waals surface area contributed by atoms with E-state index in [-0.39, 0.29) is 0 Å². The number of piperazine rings is 1. The SMILES string of the molecule is CC(C)C1CN(CCSc2ccccc2)C(C)CN1. The second-order valence-corrected chi connectivity index (χ2v) is 6.93. The maximum absolute atomic E-state index is 3.66. The standard InChI is InChI=1S/C16H26N2S/c1-13(2)16-12-18(14(3)11-17-16)9-10-19-15-7-5-4-6-8-15/h4-8,13-14,16-17H,9-12H2,1-3H3. The summed E-state index contributed by atoms with van der Waals surface area (Å²) in [7, 11) is 0. The van der Waals surface area contributed by atoms with E-state index in [1.807, 2.05) is 11.8 Å². The van der Waals surface area contributed by atoms with Crippen LogP contribution >= 0.6 is 11.8 Å². The van der Waals surface area contributed by atoms with Gasteiger partial charge in [-0.3, -0.25) is 4.90 Å². The van der Waals surface area contributed by atoms with E-state index in [1.165, 1.54) is 23.7 Å². The van der Waals surface area contributed by atoms with Gasteiger partial charge in [-0.15, -0.1) is 11.8 Å². The molecule has 0 spiro atoms. The van der Waals surface area contributed by atoms with Crippen LogP contribution in [0.5, 0.6) is 0 Å². The first-order valence-corrected chi connectivity index (χ1v) is 8.30. The second kappa shape index (κ2) is 7.32. The molecular weight excluding hydrogens is 252 g/mol. The van der Waals surface area contributed by atoms with Crippen molar-refractivity contribution in [3.05, 3.63) is 30.3 Å². The van der Waals surface area contributed by atoms with Gasteiger partial charge in [0.25, 0.3) is 0 Å². The summed E-state index contributed by atoms with van der Waals surface area (Å²) < 4.78 is 0. The van der Waals surface area contributed by atoms with Crippen molar-refractivity contribution in [2.45, 2.75) is 37.8 Å². The molecule has 3 heteroatoms. The number of hydrogen-bond donors (Lipinski definition) is 1. The van der Waals surface area contributed by atoms with Crippen molar-refractivity contribution in [2.75, 3.05) is 25.4 Å². The van der Waals surface area contributed by atoms with Crippen molar-refractivity contribution in [1.82, 2.24) is 10.2 Å². The molecule has 2 rings (SSSR count). The minimum atomic E-state index is 0.651. The second-order valence-electron chi connectivity index (χ2n) is 5.76. The zero-order valence-electron chi connectivity index (χ0n) is 12.3. The first-order valence-electron chi connectivity index (χ1n) is 7.32. The van der Waals surface area contributed by atoms with Gasteiger partial charge in [-0.25, -0.2) is 0 Å². The molecule has 19 heavy (non-hydrogen) atoms. The summed E-state index contributed by atoms with van der Waals surface area (Å²) in [6.45, 7) is 10.4. The van der Waals surface area contributed by atoms with E-state index in [2.05, 4.69) is 61.3 Å². The minimum absolute atomic E-state index is 0.651. The Bertz CT molecular complexity index is 366. The van der Waals surface area contributed by atoms with Gasteiger partial charge in [-0.05, 0) is 25.0 Å². The van der Waals surface area contributed by atoms with Gasteiger partial charge >= 0.3 is 0 Å². The molecule has 0 aromatic heterocycles. The largest absolute Gasteiger partial charge is 0.311 e. The fraction of sp³-hybridized carbons (Fsp3) is 0.625. The van der Waals surface area contributed by atoms with Gasteiger partial charge < -0.3 is 5.32 Å². The molecule has 0 bridgehead atoms. The fourth-order valence-corrected chi connectivity index (χ4v) is 3.41. The average molecular weight is 278 g/mol. The Morgan fingerprint density at radius 3 is 2.74 bits per heavy atom. The van der Waals surface area contributed by atoms with Crippen molar-refractivity contribution >= 4 is 11.8 Å². The Hall–Kier alpha value is -0.510. The van der Waals surface area contributed by atoms with Crippen LogP contribution in [0.15, 0.2) is 35.2 Å². The quantitative estimate of drug-likeness (QED) is 0.833. The van der Waals surface area contributed by atoms with E-state index >= 15 is 0 Å². The number of benzene rings is 1. The van der Waals surface area contributed by atoms with Gasteiger partial charge in [0, 0.05) is 42.4 Å². The topological polar surface area (TPSA) is 15.3 Å². The van der Waals surface area contributed by atoms with Crippen LogP contribution in [0.25, 0.3) is 0 Å². The summed E-state index contributed by atoms with van der Waals surface area (Å²) in [6.07, 6.45) is 0. The van der Waals surface area contributed by atoms with Gasteiger partial charge in [0.15, 0.2) is 0 Å². The van der Waals surface area contributed by atoms with E-state index in [9.17, 15) is 0 Å². The maximum Gasteiger partial charge on any atom is 0.0218 e. The lowest BCUT2D eigenvalue weighted by Gasteiger charge is -2.40. The van der Waals surface area contributed by atoms with E-state index < -0.39 is 0 Å². The molecular formula is C16H26N2S. The molecule has 0 saturated carbocycles. The highest BCUT2D eigenvalue weighted by atomic mass is 32.2. The van der Waals surface area contributed by atoms with Crippen molar-refractivity contribution in [1.29, 1.82) is 0 Å². The van der Waals surface area contributed by atoms with Gasteiger partial charge in [0.1, 0.15) is 0 Å². The van der Waals surface area contributed by atoms with Crippen LogP contribution in [0.1, 0.15) is 20.8 Å². The van der Waals surface area contributed by atoms with Crippen molar-refractivity contribution in [2.24, 2.45) is 5.92 Å². The summed E-state index contributed by atoms with van der Waals surface area (Å²) >= 11 is 1.96. The highest BCUT2D eigenvalue weighted by molar-refractivity contribution is 7.99. The van der Waals surface area contributed by atoms with Crippen LogP contribution in [0.3, 0.4) is 0 Å². The molecule has 1 saturated heterocycles. The lowest BCUT2D eigenvalue weighted by atomic mass is 10.00. The molecule has 2 nitrogen and oxygen atoms in total. The number of nitrogens with one attached hydrogen (secondary N) is 1. The fourth-order valence-electron chi connectivity index (χ4n) is 2.50. The van der Waals surface area contributed by atoms with Gasteiger partial charge in [0.05, 0.1) is 0 Å². The minimum Gasteiger partial charge on any atom is -0.311 e. The van der Waals surface area contributed by atoms with E-state index in [1.54, 1.807) is 0 Å². The lowest BCUT2D eigenvalue weighted by Crippen LogP contribution is -2.57. The van der Waals surface area contributed by atoms with Crippen LogP contribution in [0.4, 0.5) is 0 Å². The predicted molar refractivity (Wildman–Crippen MR) is 84.8 cm³/mol. The first-order chi connectivity index (χ1) is 9.16. The Labute approximate surface area is 122 Å². The van der Waals surface area contributed by atoms with Crippen LogP contribution in [0.2, 0.25) is 0 Å². The molecule has 0 aliphatic carbocycles. The highest BCUT2D eigenvalue weighted by Gasteiger charge is 2.26. The number of thioether (sulfide) groups is 1. The van der Waals surface area contributed by atoms with Crippen molar-refractivity contribution < 1.29 is 0 Å². The molecule has 1 aromatic carbocycles. The molecule has 0 amide bonds. The summed E-state index contributed by atoms with van der Waals surface area (Å²) in [6, 6.07) is 12.0. The van der Waals surface area contributed by atoms with Gasteiger partial charge in [-0.2, -0.15) is 0 Å². The summed E-state index contributed by atoms with van der Waals surface area (Å²) in [4.78, 5) is 4.02. The summed E-state index contributed by atoms with van der Waals surface area (Å²) in [5, 5.41) is 3.66. The van der Waals surface area contributed by atoms with E-state index in [0.717, 1.165) is 12.5 Å². The van der Waals surface area contributed by atoms with Gasteiger partial charge in [-0.1, -0.05) is 32.0 Å². The van der Waals surface area contributed by atoms with Crippen molar-refractivity contribution in [3.63, 3.8) is 0 Å². The lowest BCUT2D eigenvalue weighted by molar-refractivity contribution is 0.131. The average Bonchev–Trinajstić information content (AvgIpc) is 2.42. The van der Waals surface area contributed by atoms with E-state index in [0.29, 0.717) is 12.1 Å². The molecule has 1 N–H and O–H groups in total. The third-order valence-electron chi connectivity index (χ3n) is 3.93. The zero-order chi connectivity index (χ0) is 13.7. The molecule has 1 aliphatic rings. The number of rotatable bonds is 5. The van der Waals surface area contributed by atoms with Crippen LogP contribution in [-0.2, 0) is 0 Å². The Kier molecular flexibility index (Phi) is 5.74. The zero-order valence-corrected chi connectivity index (χ0v) is 13.1. The molecule has 2 atom stereocenters. The van der Waals surface area contributed by atoms with Gasteiger partial charge in [0.2, 0.25) is 0 Å². The van der Waals surface area contributed by atoms with Crippen LogP contribution in [0, 0.1) is 5.92 Å². The predicted octanol–water partition coefficient (Wildman–Crippen LogP) is 3.10. The van der Waals surface area contributed by atoms with Crippen LogP contribution in [-0.4, -0.2) is 42.4 Å². The molecule has 2 unspecified atom stereocenters.